The number of hydrogen-bond acceptors (Lipinski definition) is 0. The van der Waals surface area contributed by atoms with Gasteiger partial charge in [-0.25, -0.2) is 0 Å². The number of fused-ring (bicyclic) bond motifs is 6. The van der Waals surface area contributed by atoms with Gasteiger partial charge in [0, 0.05) is 44.6 Å². The molecule has 6 aromatic carbocycles. The van der Waals surface area contributed by atoms with E-state index < -0.39 is 0 Å². The van der Waals surface area contributed by atoms with Crippen LogP contribution >= 0.6 is 0 Å². The lowest BCUT2D eigenvalue weighted by atomic mass is 9.95. The lowest BCUT2D eigenvalue weighted by molar-refractivity contribution is 0.729. The molecule has 2 heteroatoms. The summed E-state index contributed by atoms with van der Waals surface area (Å²) >= 11 is 0. The minimum atomic E-state index is 0.378. The summed E-state index contributed by atoms with van der Waals surface area (Å²) in [5.41, 5.74) is 16.2. The summed E-state index contributed by atoms with van der Waals surface area (Å²) in [6.45, 7) is 6.65. The Balaban J connectivity index is 1.26. The average molecular weight is 631 g/mol. The Morgan fingerprint density at radius 1 is 0.531 bits per heavy atom. The first-order valence-corrected chi connectivity index (χ1v) is 17.3. The van der Waals surface area contributed by atoms with Crippen molar-refractivity contribution in [2.45, 2.75) is 33.1 Å². The highest BCUT2D eigenvalue weighted by molar-refractivity contribution is 6.11. The molecule has 236 valence electrons. The lowest BCUT2D eigenvalue weighted by Gasteiger charge is -2.18. The maximum atomic E-state index is 2.49. The van der Waals surface area contributed by atoms with Gasteiger partial charge in [0.15, 0.2) is 0 Å². The molecule has 0 saturated carbocycles. The predicted octanol–water partition coefficient (Wildman–Crippen LogP) is 12.8. The van der Waals surface area contributed by atoms with Crippen molar-refractivity contribution < 1.29 is 0 Å². The second-order valence-electron chi connectivity index (χ2n) is 13.6. The highest BCUT2D eigenvalue weighted by Gasteiger charge is 2.23. The van der Waals surface area contributed by atoms with Crippen molar-refractivity contribution in [2.75, 3.05) is 0 Å². The van der Waals surface area contributed by atoms with Crippen molar-refractivity contribution in [3.8, 4) is 33.6 Å². The summed E-state index contributed by atoms with van der Waals surface area (Å²) < 4.78 is 4.95. The van der Waals surface area contributed by atoms with Crippen LogP contribution in [0.2, 0.25) is 0 Å². The number of aryl methyl sites for hydroxylation is 2. The highest BCUT2D eigenvalue weighted by atomic mass is 15.0. The van der Waals surface area contributed by atoms with Crippen molar-refractivity contribution in [2.24, 2.45) is 0 Å². The molecule has 0 aliphatic heterocycles. The molecular formula is C47H38N2. The van der Waals surface area contributed by atoms with Crippen molar-refractivity contribution in [1.82, 2.24) is 9.13 Å². The van der Waals surface area contributed by atoms with E-state index in [1.807, 2.05) is 0 Å². The molecule has 0 fully saturated rings. The quantitative estimate of drug-likeness (QED) is 0.183. The summed E-state index contributed by atoms with van der Waals surface area (Å²) in [6.07, 6.45) is 10.0. The molecule has 0 amide bonds. The van der Waals surface area contributed by atoms with Crippen molar-refractivity contribution >= 4 is 38.8 Å². The third kappa shape index (κ3) is 4.86. The fourth-order valence-corrected chi connectivity index (χ4v) is 7.83. The molecule has 1 aliphatic carbocycles. The highest BCUT2D eigenvalue weighted by Crippen LogP contribution is 2.42. The minimum Gasteiger partial charge on any atom is -0.313 e. The number of benzene rings is 6. The van der Waals surface area contributed by atoms with Crippen LogP contribution in [-0.4, -0.2) is 9.13 Å². The van der Waals surface area contributed by atoms with Gasteiger partial charge in [-0.2, -0.15) is 0 Å². The third-order valence-corrected chi connectivity index (χ3v) is 10.3. The van der Waals surface area contributed by atoms with Gasteiger partial charge in [0.25, 0.3) is 0 Å². The molecular weight excluding hydrogens is 593 g/mol. The Labute approximate surface area is 287 Å². The number of rotatable bonds is 4. The van der Waals surface area contributed by atoms with E-state index in [9.17, 15) is 0 Å². The molecule has 0 N–H and O–H groups in total. The Morgan fingerprint density at radius 2 is 1.16 bits per heavy atom. The Kier molecular flexibility index (Phi) is 6.98. The first-order valence-electron chi connectivity index (χ1n) is 17.3. The van der Waals surface area contributed by atoms with Crippen LogP contribution in [0.4, 0.5) is 0 Å². The standard InChI is InChI=1S/C47H38N2/c1-31-17-21-34(22-18-31)35-23-27-46-41(29-35)39-13-8-10-16-44(39)49(46)43-15-9-7-12-38(43)36-24-28-45-42(30-36)40-14-6-4-5-11-33(3)47(40)48(45)37-25-19-32(2)20-26-37/h4-10,12-30,33H,11H2,1-3H3/b5-4+,14-6?. The molecule has 0 spiro atoms. The first-order chi connectivity index (χ1) is 24.0. The Morgan fingerprint density at radius 3 is 1.98 bits per heavy atom. The molecule has 1 unspecified atom stereocenters. The number of aromatic nitrogens is 2. The van der Waals surface area contributed by atoms with Gasteiger partial charge in [-0.1, -0.05) is 127 Å². The summed E-state index contributed by atoms with van der Waals surface area (Å²) in [6, 6.07) is 49.5. The van der Waals surface area contributed by atoms with E-state index in [0.717, 1.165) is 6.42 Å². The second kappa shape index (κ2) is 11.7. The first kappa shape index (κ1) is 29.3. The molecule has 0 bridgehead atoms. The maximum Gasteiger partial charge on any atom is 0.0541 e. The van der Waals surface area contributed by atoms with Crippen LogP contribution in [0, 0.1) is 13.8 Å². The molecule has 2 aromatic heterocycles. The van der Waals surface area contributed by atoms with Crippen LogP contribution < -0.4 is 0 Å². The molecule has 1 aliphatic rings. The van der Waals surface area contributed by atoms with Gasteiger partial charge < -0.3 is 9.13 Å². The lowest BCUT2D eigenvalue weighted by Crippen LogP contribution is -2.05. The summed E-state index contributed by atoms with van der Waals surface area (Å²) in [5, 5.41) is 3.81. The van der Waals surface area contributed by atoms with E-state index >= 15 is 0 Å². The second-order valence-corrected chi connectivity index (χ2v) is 13.6. The van der Waals surface area contributed by atoms with Crippen LogP contribution in [0.25, 0.3) is 72.4 Å². The molecule has 0 radical (unpaired) electrons. The van der Waals surface area contributed by atoms with Crippen molar-refractivity contribution in [1.29, 1.82) is 0 Å². The van der Waals surface area contributed by atoms with E-state index in [1.165, 1.54) is 88.7 Å². The topological polar surface area (TPSA) is 9.86 Å². The third-order valence-electron chi connectivity index (χ3n) is 10.3. The minimum absolute atomic E-state index is 0.378. The van der Waals surface area contributed by atoms with Crippen LogP contribution in [0.3, 0.4) is 0 Å². The van der Waals surface area contributed by atoms with Crippen LogP contribution in [-0.2, 0) is 0 Å². The number of hydrogen-bond donors (Lipinski definition) is 0. The zero-order chi connectivity index (χ0) is 33.1. The van der Waals surface area contributed by atoms with Crippen LogP contribution in [0.5, 0.6) is 0 Å². The zero-order valence-electron chi connectivity index (χ0n) is 28.2. The summed E-state index contributed by atoms with van der Waals surface area (Å²) in [5.74, 6) is 0.378. The molecule has 2 heterocycles. The van der Waals surface area contributed by atoms with E-state index in [2.05, 4.69) is 188 Å². The molecule has 2 nitrogen and oxygen atoms in total. The Bertz CT molecular complexity index is 2590. The fraction of sp³-hybridized carbons (Fsp3) is 0.106. The van der Waals surface area contributed by atoms with E-state index in [-0.39, 0.29) is 0 Å². The number of allylic oxidation sites excluding steroid dienone is 3. The van der Waals surface area contributed by atoms with Crippen molar-refractivity contribution in [3.63, 3.8) is 0 Å². The molecule has 9 rings (SSSR count). The Hall–Kier alpha value is -5.86. The van der Waals surface area contributed by atoms with Gasteiger partial charge >= 0.3 is 0 Å². The molecule has 49 heavy (non-hydrogen) atoms. The normalized spacial score (nSPS) is 15.0. The van der Waals surface area contributed by atoms with E-state index in [0.29, 0.717) is 5.92 Å². The van der Waals surface area contributed by atoms with Gasteiger partial charge in [0.05, 0.1) is 22.2 Å². The van der Waals surface area contributed by atoms with Crippen molar-refractivity contribution in [3.05, 3.63) is 174 Å². The smallest absolute Gasteiger partial charge is 0.0541 e. The number of nitrogens with zero attached hydrogens (tertiary/aromatic N) is 2. The summed E-state index contributed by atoms with van der Waals surface area (Å²) in [4.78, 5) is 0. The average Bonchev–Trinajstić information content (AvgIpc) is 3.63. The van der Waals surface area contributed by atoms with Gasteiger partial charge in [-0.15, -0.1) is 0 Å². The van der Waals surface area contributed by atoms with Crippen LogP contribution in [0.15, 0.2) is 152 Å². The molecule has 1 atom stereocenters. The zero-order valence-corrected chi connectivity index (χ0v) is 28.2. The maximum absolute atomic E-state index is 2.49. The fourth-order valence-electron chi connectivity index (χ4n) is 7.83. The van der Waals surface area contributed by atoms with E-state index in [4.69, 9.17) is 0 Å². The predicted molar refractivity (Wildman–Crippen MR) is 209 cm³/mol. The van der Waals surface area contributed by atoms with Gasteiger partial charge in [-0.3, -0.25) is 0 Å². The van der Waals surface area contributed by atoms with Gasteiger partial charge in [0.1, 0.15) is 0 Å². The summed E-state index contributed by atoms with van der Waals surface area (Å²) in [7, 11) is 0. The SMILES string of the molecule is Cc1ccc(-c2ccc3c(c2)c2ccccc2n3-c2ccccc2-c2ccc3c(c2)c2c(n3-c3ccc(C)cc3)C(C)C/C=C/C=C2)cc1. The number of para-hydroxylation sites is 2. The largest absolute Gasteiger partial charge is 0.313 e. The monoisotopic (exact) mass is 630 g/mol. The van der Waals surface area contributed by atoms with E-state index in [1.54, 1.807) is 0 Å². The molecule has 0 saturated heterocycles. The van der Waals surface area contributed by atoms with Gasteiger partial charge in [0.2, 0.25) is 0 Å². The molecule has 8 aromatic rings. The van der Waals surface area contributed by atoms with Crippen LogP contribution in [0.1, 0.15) is 41.6 Å². The van der Waals surface area contributed by atoms with Gasteiger partial charge in [-0.05, 0) is 85.5 Å².